The van der Waals surface area contributed by atoms with E-state index in [4.69, 9.17) is 14.2 Å². The predicted octanol–water partition coefficient (Wildman–Crippen LogP) is 3.23. The van der Waals surface area contributed by atoms with Crippen LogP contribution in [0.3, 0.4) is 0 Å². The van der Waals surface area contributed by atoms with E-state index in [1.807, 2.05) is 0 Å². The van der Waals surface area contributed by atoms with Gasteiger partial charge in [0, 0.05) is 18.2 Å². The number of hydrogen-bond acceptors (Lipinski definition) is 6. The van der Waals surface area contributed by atoms with E-state index < -0.39 is 10.9 Å². The van der Waals surface area contributed by atoms with Crippen LogP contribution in [0.2, 0.25) is 0 Å². The molecule has 0 unspecified atom stereocenters. The Morgan fingerprint density at radius 2 is 1.71 bits per heavy atom. The molecule has 24 heavy (non-hydrogen) atoms. The first-order valence-electron chi connectivity index (χ1n) is 6.90. The molecule has 0 atom stereocenters. The molecule has 0 spiro atoms. The average Bonchev–Trinajstić information content (AvgIpc) is 2.60. The molecule has 0 fully saturated rings. The molecule has 2 aromatic rings. The average molecular weight is 329 g/mol. The van der Waals surface area contributed by atoms with Gasteiger partial charge in [-0.2, -0.15) is 0 Å². The van der Waals surface area contributed by atoms with Crippen molar-refractivity contribution in [2.45, 2.75) is 0 Å². The third kappa shape index (κ3) is 4.33. The van der Waals surface area contributed by atoms with Crippen LogP contribution in [0.5, 0.6) is 17.2 Å². The first-order chi connectivity index (χ1) is 11.5. The van der Waals surface area contributed by atoms with Crippen LogP contribution in [0.1, 0.15) is 5.56 Å². The van der Waals surface area contributed by atoms with Gasteiger partial charge in [0.05, 0.1) is 19.1 Å². The molecule has 0 aliphatic heterocycles. The van der Waals surface area contributed by atoms with Gasteiger partial charge in [0.1, 0.15) is 5.75 Å². The van der Waals surface area contributed by atoms with E-state index >= 15 is 0 Å². The quantitative estimate of drug-likeness (QED) is 0.266. The number of carbonyl (C=O) groups is 1. The Balaban J connectivity index is 2.03. The summed E-state index contributed by atoms with van der Waals surface area (Å²) in [4.78, 5) is 21.8. The van der Waals surface area contributed by atoms with Crippen LogP contribution in [-0.4, -0.2) is 25.1 Å². The fourth-order valence-electron chi connectivity index (χ4n) is 1.91. The maximum Gasteiger partial charge on any atom is 0.336 e. The molecule has 2 rings (SSSR count). The van der Waals surface area contributed by atoms with Crippen molar-refractivity contribution in [1.29, 1.82) is 0 Å². The number of nitro groups is 1. The molecule has 0 radical (unpaired) electrons. The summed E-state index contributed by atoms with van der Waals surface area (Å²) in [7, 11) is 3.06. The third-order valence-corrected chi connectivity index (χ3v) is 3.09. The van der Waals surface area contributed by atoms with Crippen LogP contribution in [-0.2, 0) is 4.79 Å². The van der Waals surface area contributed by atoms with Crippen molar-refractivity contribution in [3.8, 4) is 17.2 Å². The molecule has 7 nitrogen and oxygen atoms in total. The molecule has 0 bridgehead atoms. The minimum atomic E-state index is -0.598. The molecule has 0 saturated heterocycles. The SMILES string of the molecule is COc1ccc(C=CC(=O)Oc2ccc([N+](=O)[O-])cc2)cc1OC. The molecule has 7 heteroatoms. The largest absolute Gasteiger partial charge is 0.493 e. The van der Waals surface area contributed by atoms with Crippen molar-refractivity contribution in [3.63, 3.8) is 0 Å². The van der Waals surface area contributed by atoms with Gasteiger partial charge >= 0.3 is 5.97 Å². The highest BCUT2D eigenvalue weighted by molar-refractivity contribution is 5.88. The van der Waals surface area contributed by atoms with Gasteiger partial charge in [-0.25, -0.2) is 4.79 Å². The summed E-state index contributed by atoms with van der Waals surface area (Å²) in [5, 5.41) is 10.6. The molecule has 0 N–H and O–H groups in total. The predicted molar refractivity (Wildman–Crippen MR) is 87.3 cm³/mol. The van der Waals surface area contributed by atoms with Crippen molar-refractivity contribution >= 4 is 17.7 Å². The Morgan fingerprint density at radius 1 is 1.04 bits per heavy atom. The molecule has 0 aliphatic rings. The number of carbonyl (C=O) groups excluding carboxylic acids is 1. The number of nitro benzene ring substituents is 1. The standard InChI is InChI=1S/C17H15NO6/c1-22-15-9-3-12(11-16(15)23-2)4-10-17(19)24-14-7-5-13(6-8-14)18(20)21/h3-11H,1-2H3. The normalized spacial score (nSPS) is 10.4. The maximum absolute atomic E-state index is 11.8. The van der Waals surface area contributed by atoms with Gasteiger partial charge in [-0.1, -0.05) is 6.07 Å². The van der Waals surface area contributed by atoms with Crippen molar-refractivity contribution in [3.05, 3.63) is 64.2 Å². The third-order valence-electron chi connectivity index (χ3n) is 3.09. The van der Waals surface area contributed by atoms with Gasteiger partial charge in [-0.05, 0) is 35.9 Å². The van der Waals surface area contributed by atoms with E-state index in [0.29, 0.717) is 11.5 Å². The zero-order valence-corrected chi connectivity index (χ0v) is 13.1. The summed E-state index contributed by atoms with van der Waals surface area (Å²) >= 11 is 0. The van der Waals surface area contributed by atoms with Gasteiger partial charge in [-0.15, -0.1) is 0 Å². The minimum Gasteiger partial charge on any atom is -0.493 e. The first kappa shape index (κ1) is 17.0. The van der Waals surface area contributed by atoms with E-state index in [1.165, 1.54) is 44.6 Å². The molecular weight excluding hydrogens is 314 g/mol. The second-order valence-electron chi connectivity index (χ2n) is 4.62. The Labute approximate surface area is 138 Å². The lowest BCUT2D eigenvalue weighted by atomic mass is 10.2. The van der Waals surface area contributed by atoms with Crippen molar-refractivity contribution in [2.24, 2.45) is 0 Å². The van der Waals surface area contributed by atoms with Crippen LogP contribution in [0.4, 0.5) is 5.69 Å². The Bertz CT molecular complexity index is 767. The smallest absolute Gasteiger partial charge is 0.336 e. The van der Waals surface area contributed by atoms with Crippen LogP contribution in [0.25, 0.3) is 6.08 Å². The van der Waals surface area contributed by atoms with Gasteiger partial charge in [-0.3, -0.25) is 10.1 Å². The summed E-state index contributed by atoms with van der Waals surface area (Å²) in [6.45, 7) is 0. The Kier molecular flexibility index (Phi) is 5.51. The van der Waals surface area contributed by atoms with E-state index in [-0.39, 0.29) is 11.4 Å². The zero-order chi connectivity index (χ0) is 17.5. The number of methoxy groups -OCH3 is 2. The summed E-state index contributed by atoms with van der Waals surface area (Å²) in [5.74, 6) is 0.757. The lowest BCUT2D eigenvalue weighted by Gasteiger charge is -2.07. The number of esters is 1. The highest BCUT2D eigenvalue weighted by atomic mass is 16.6. The highest BCUT2D eigenvalue weighted by Crippen LogP contribution is 2.28. The molecule has 0 aromatic heterocycles. The van der Waals surface area contributed by atoms with E-state index in [9.17, 15) is 14.9 Å². The molecule has 0 saturated carbocycles. The number of hydrogen-bond donors (Lipinski definition) is 0. The lowest BCUT2D eigenvalue weighted by molar-refractivity contribution is -0.384. The van der Waals surface area contributed by atoms with Crippen molar-refractivity contribution in [1.82, 2.24) is 0 Å². The maximum atomic E-state index is 11.8. The van der Waals surface area contributed by atoms with Crippen molar-refractivity contribution < 1.29 is 23.9 Å². The minimum absolute atomic E-state index is 0.0735. The Morgan fingerprint density at radius 3 is 2.29 bits per heavy atom. The molecule has 2 aromatic carbocycles. The molecule has 0 aliphatic carbocycles. The molecular formula is C17H15NO6. The van der Waals surface area contributed by atoms with Crippen molar-refractivity contribution in [2.75, 3.05) is 14.2 Å². The van der Waals surface area contributed by atoms with Gasteiger partial charge in [0.2, 0.25) is 0 Å². The summed E-state index contributed by atoms with van der Waals surface area (Å²) < 4.78 is 15.4. The summed E-state index contributed by atoms with van der Waals surface area (Å²) in [6.07, 6.45) is 2.82. The van der Waals surface area contributed by atoms with E-state index in [2.05, 4.69) is 0 Å². The monoisotopic (exact) mass is 329 g/mol. The van der Waals surface area contributed by atoms with Crippen LogP contribution < -0.4 is 14.2 Å². The van der Waals surface area contributed by atoms with Crippen LogP contribution >= 0.6 is 0 Å². The van der Waals surface area contributed by atoms with Crippen LogP contribution in [0, 0.1) is 10.1 Å². The summed E-state index contributed by atoms with van der Waals surface area (Å²) in [6, 6.07) is 10.5. The molecule has 0 heterocycles. The molecule has 0 amide bonds. The van der Waals surface area contributed by atoms with Gasteiger partial charge in [0.15, 0.2) is 11.5 Å². The number of rotatable bonds is 6. The fraction of sp³-hybridized carbons (Fsp3) is 0.118. The number of nitrogens with zero attached hydrogens (tertiary/aromatic N) is 1. The number of benzene rings is 2. The first-order valence-corrected chi connectivity index (χ1v) is 6.90. The highest BCUT2D eigenvalue weighted by Gasteiger charge is 2.07. The number of non-ortho nitro benzene ring substituents is 1. The van der Waals surface area contributed by atoms with Gasteiger partial charge in [0.25, 0.3) is 5.69 Å². The number of ether oxygens (including phenoxy) is 3. The summed E-state index contributed by atoms with van der Waals surface area (Å²) in [5.41, 5.74) is 0.656. The molecule has 124 valence electrons. The van der Waals surface area contributed by atoms with Crippen LogP contribution in [0.15, 0.2) is 48.5 Å². The second kappa shape index (κ2) is 7.77. The van der Waals surface area contributed by atoms with Gasteiger partial charge < -0.3 is 14.2 Å². The topological polar surface area (TPSA) is 87.9 Å². The lowest BCUT2D eigenvalue weighted by Crippen LogP contribution is -2.03. The fourth-order valence-corrected chi connectivity index (χ4v) is 1.91. The second-order valence-corrected chi connectivity index (χ2v) is 4.62. The Hall–Kier alpha value is -3.35. The zero-order valence-electron chi connectivity index (χ0n) is 13.1. The van der Waals surface area contributed by atoms with E-state index in [0.717, 1.165) is 5.56 Å². The van der Waals surface area contributed by atoms with E-state index in [1.54, 1.807) is 24.3 Å².